The van der Waals surface area contributed by atoms with Crippen molar-refractivity contribution < 1.29 is 9.31 Å². The van der Waals surface area contributed by atoms with Crippen LogP contribution in [-0.2, 0) is 6.54 Å². The smallest absolute Gasteiger partial charge is 0.312 e. The molecular formula is C15H15FN8O2. The summed E-state index contributed by atoms with van der Waals surface area (Å²) in [7, 11) is 0. The summed E-state index contributed by atoms with van der Waals surface area (Å²) in [4.78, 5) is 22.9. The monoisotopic (exact) mass is 358 g/mol. The number of rotatable bonds is 5. The highest BCUT2D eigenvalue weighted by Crippen LogP contribution is 2.22. The average Bonchev–Trinajstić information content (AvgIpc) is 2.83. The number of nitrogens with one attached hydrogen (secondary N) is 1. The first kappa shape index (κ1) is 17.2. The maximum atomic E-state index is 13.0. The molecule has 0 atom stereocenters. The van der Waals surface area contributed by atoms with Crippen molar-refractivity contribution >= 4 is 23.3 Å². The van der Waals surface area contributed by atoms with Gasteiger partial charge in [-0.3, -0.25) is 14.8 Å². The Morgan fingerprint density at radius 3 is 2.54 bits per heavy atom. The van der Waals surface area contributed by atoms with E-state index in [2.05, 4.69) is 25.4 Å². The van der Waals surface area contributed by atoms with E-state index in [-0.39, 0.29) is 35.8 Å². The zero-order valence-electron chi connectivity index (χ0n) is 14.0. The third kappa shape index (κ3) is 3.55. The van der Waals surface area contributed by atoms with Crippen LogP contribution in [0.3, 0.4) is 0 Å². The zero-order valence-corrected chi connectivity index (χ0v) is 14.0. The highest BCUT2D eigenvalue weighted by molar-refractivity contribution is 5.53. The van der Waals surface area contributed by atoms with E-state index in [1.165, 1.54) is 28.9 Å². The fraction of sp³-hybridized carbons (Fsp3) is 0.200. The Morgan fingerprint density at radius 1 is 1.23 bits per heavy atom. The third-order valence-electron chi connectivity index (χ3n) is 3.62. The van der Waals surface area contributed by atoms with Crippen molar-refractivity contribution in [1.82, 2.24) is 24.7 Å². The molecule has 0 fully saturated rings. The minimum absolute atomic E-state index is 0.0179. The van der Waals surface area contributed by atoms with Crippen molar-refractivity contribution in [3.63, 3.8) is 0 Å². The Balaban J connectivity index is 1.87. The largest absolute Gasteiger partial charge is 0.368 e. The zero-order chi connectivity index (χ0) is 18.8. The van der Waals surface area contributed by atoms with Crippen molar-refractivity contribution in [2.45, 2.75) is 20.4 Å². The van der Waals surface area contributed by atoms with E-state index in [0.717, 1.165) is 0 Å². The van der Waals surface area contributed by atoms with Crippen LogP contribution in [0.2, 0.25) is 0 Å². The van der Waals surface area contributed by atoms with Gasteiger partial charge in [0.25, 0.3) is 0 Å². The second-order valence-electron chi connectivity index (χ2n) is 5.50. The summed E-state index contributed by atoms with van der Waals surface area (Å²) < 4.78 is 14.4. The van der Waals surface area contributed by atoms with E-state index in [1.54, 1.807) is 13.8 Å². The minimum atomic E-state index is -0.475. The van der Waals surface area contributed by atoms with Gasteiger partial charge in [-0.05, 0) is 38.1 Å². The molecule has 1 aromatic carbocycles. The first-order valence-electron chi connectivity index (χ1n) is 7.55. The Morgan fingerprint density at radius 2 is 1.92 bits per heavy atom. The fourth-order valence-electron chi connectivity index (χ4n) is 2.47. The molecule has 3 rings (SSSR count). The van der Waals surface area contributed by atoms with Crippen LogP contribution in [-0.4, -0.2) is 29.7 Å². The van der Waals surface area contributed by atoms with Crippen LogP contribution in [0, 0.1) is 29.8 Å². The van der Waals surface area contributed by atoms with Crippen molar-refractivity contribution in [2.24, 2.45) is 0 Å². The standard InChI is InChI=1S/C15H15FN8O2/c1-8-13(24(25)26)9(2)23(22-8)7-12-19-14(17)21-15(20-12)18-11-5-3-10(16)4-6-11/h3-6H,7H2,1-2H3,(H3,17,18,19,20,21). The lowest BCUT2D eigenvalue weighted by atomic mass is 10.3. The predicted molar refractivity (Wildman–Crippen MR) is 91.4 cm³/mol. The molecule has 0 radical (unpaired) electrons. The van der Waals surface area contributed by atoms with Crippen LogP contribution in [0.1, 0.15) is 17.2 Å². The van der Waals surface area contributed by atoms with Gasteiger partial charge in [0.2, 0.25) is 11.9 Å². The van der Waals surface area contributed by atoms with Gasteiger partial charge in [-0.15, -0.1) is 0 Å². The molecule has 10 nitrogen and oxygen atoms in total. The molecule has 11 heteroatoms. The SMILES string of the molecule is Cc1nn(Cc2nc(N)nc(Nc3ccc(F)cc3)n2)c(C)c1[N+](=O)[O-]. The van der Waals surface area contributed by atoms with E-state index in [9.17, 15) is 14.5 Å². The Kier molecular flexibility index (Phi) is 4.43. The quantitative estimate of drug-likeness (QED) is 0.522. The number of aryl methyl sites for hydroxylation is 1. The third-order valence-corrected chi connectivity index (χ3v) is 3.62. The van der Waals surface area contributed by atoms with E-state index in [0.29, 0.717) is 17.1 Å². The Bertz CT molecular complexity index is 971. The fourth-order valence-corrected chi connectivity index (χ4v) is 2.47. The number of nitrogen functional groups attached to an aromatic ring is 1. The van der Waals surface area contributed by atoms with Crippen molar-refractivity contribution in [1.29, 1.82) is 0 Å². The van der Waals surface area contributed by atoms with Gasteiger partial charge in [0.15, 0.2) is 5.82 Å². The van der Waals surface area contributed by atoms with Gasteiger partial charge in [0, 0.05) is 5.69 Å². The molecule has 0 aliphatic heterocycles. The molecular weight excluding hydrogens is 343 g/mol. The van der Waals surface area contributed by atoms with Crippen LogP contribution < -0.4 is 11.1 Å². The lowest BCUT2D eigenvalue weighted by Gasteiger charge is -2.08. The van der Waals surface area contributed by atoms with Gasteiger partial charge in [-0.25, -0.2) is 4.39 Å². The molecule has 26 heavy (non-hydrogen) atoms. The summed E-state index contributed by atoms with van der Waals surface area (Å²) >= 11 is 0. The molecule has 0 saturated carbocycles. The van der Waals surface area contributed by atoms with Gasteiger partial charge in [-0.2, -0.15) is 20.1 Å². The molecule has 0 aliphatic carbocycles. The molecule has 3 aromatic rings. The van der Waals surface area contributed by atoms with Crippen molar-refractivity contribution in [3.05, 3.63) is 57.4 Å². The summed E-state index contributed by atoms with van der Waals surface area (Å²) in [6.07, 6.45) is 0. The number of hydrogen-bond donors (Lipinski definition) is 2. The van der Waals surface area contributed by atoms with Crippen LogP contribution >= 0.6 is 0 Å². The Labute approximate surface area is 147 Å². The Hall–Kier alpha value is -3.63. The second-order valence-corrected chi connectivity index (χ2v) is 5.50. The topological polar surface area (TPSA) is 138 Å². The van der Waals surface area contributed by atoms with Crippen LogP contribution in [0.4, 0.5) is 27.7 Å². The van der Waals surface area contributed by atoms with E-state index in [1.807, 2.05) is 0 Å². The summed E-state index contributed by atoms with van der Waals surface area (Å²) in [5.74, 6) is 0.0749. The maximum Gasteiger partial charge on any atom is 0.312 e. The number of hydrogen-bond acceptors (Lipinski definition) is 8. The predicted octanol–water partition coefficient (Wildman–Crippen LogP) is 2.11. The van der Waals surface area contributed by atoms with Crippen molar-refractivity contribution in [3.8, 4) is 0 Å². The van der Waals surface area contributed by atoms with E-state index in [4.69, 9.17) is 5.73 Å². The van der Waals surface area contributed by atoms with Crippen molar-refractivity contribution in [2.75, 3.05) is 11.1 Å². The molecule has 0 saturated heterocycles. The number of nitrogens with zero attached hydrogens (tertiary/aromatic N) is 6. The first-order valence-corrected chi connectivity index (χ1v) is 7.55. The molecule has 0 spiro atoms. The van der Waals surface area contributed by atoms with E-state index < -0.39 is 4.92 Å². The molecule has 0 amide bonds. The molecule has 2 aromatic heterocycles. The number of anilines is 3. The number of nitro groups is 1. The normalized spacial score (nSPS) is 10.7. The lowest BCUT2D eigenvalue weighted by Crippen LogP contribution is -2.12. The number of nitrogens with two attached hydrogens (primary N) is 1. The molecule has 0 unspecified atom stereocenters. The highest BCUT2D eigenvalue weighted by Gasteiger charge is 2.22. The molecule has 3 N–H and O–H groups in total. The molecule has 0 aliphatic rings. The first-order chi connectivity index (χ1) is 12.3. The van der Waals surface area contributed by atoms with E-state index >= 15 is 0 Å². The van der Waals surface area contributed by atoms with Crippen LogP contribution in [0.5, 0.6) is 0 Å². The lowest BCUT2D eigenvalue weighted by molar-refractivity contribution is -0.386. The van der Waals surface area contributed by atoms with Gasteiger partial charge in [0.1, 0.15) is 23.7 Å². The van der Waals surface area contributed by atoms with Gasteiger partial charge >= 0.3 is 5.69 Å². The maximum absolute atomic E-state index is 13.0. The second kappa shape index (κ2) is 6.70. The number of benzene rings is 1. The van der Waals surface area contributed by atoms with Gasteiger partial charge in [0.05, 0.1) is 4.92 Å². The van der Waals surface area contributed by atoms with Gasteiger partial charge in [-0.1, -0.05) is 0 Å². The number of halogens is 1. The minimum Gasteiger partial charge on any atom is -0.368 e. The molecule has 0 bridgehead atoms. The molecule has 134 valence electrons. The summed E-state index contributed by atoms with van der Waals surface area (Å²) in [6, 6.07) is 5.64. The van der Waals surface area contributed by atoms with Crippen LogP contribution in [0.25, 0.3) is 0 Å². The van der Waals surface area contributed by atoms with Crippen LogP contribution in [0.15, 0.2) is 24.3 Å². The highest BCUT2D eigenvalue weighted by atomic mass is 19.1. The summed E-state index contributed by atoms with van der Waals surface area (Å²) in [5, 5.41) is 18.2. The average molecular weight is 358 g/mol. The van der Waals surface area contributed by atoms with Gasteiger partial charge < -0.3 is 11.1 Å². The number of aromatic nitrogens is 5. The molecule has 2 heterocycles. The summed E-state index contributed by atoms with van der Waals surface area (Å²) in [5.41, 5.74) is 6.93. The summed E-state index contributed by atoms with van der Waals surface area (Å²) in [6.45, 7) is 3.25.